The Morgan fingerprint density at radius 3 is 2.67 bits per heavy atom. The Labute approximate surface area is 41.6 Å². The molecule has 34 valence electrons. The van der Waals surface area contributed by atoms with Gasteiger partial charge in [0.15, 0.2) is 0 Å². The molecule has 1 rings (SSSR count). The average molecular weight is 102 g/mol. The lowest BCUT2D eigenvalue weighted by Gasteiger charge is -1.69. The first-order chi connectivity index (χ1) is 2.89. The van der Waals surface area contributed by atoms with Gasteiger partial charge in [0, 0.05) is 12.2 Å². The van der Waals surface area contributed by atoms with Crippen molar-refractivity contribution in [1.29, 1.82) is 0 Å². The molecule has 0 aromatic rings. The van der Waals surface area contributed by atoms with E-state index in [1.165, 1.54) is 12.2 Å². The summed E-state index contributed by atoms with van der Waals surface area (Å²) in [6.07, 6.45) is 2.43. The lowest BCUT2D eigenvalue weighted by molar-refractivity contribution is -0.110. The van der Waals surface area contributed by atoms with Crippen LogP contribution in [0.15, 0.2) is 0 Å². The third-order valence-corrected chi connectivity index (χ3v) is 1.92. The van der Waals surface area contributed by atoms with E-state index in [1.54, 1.807) is 11.8 Å². The highest BCUT2D eigenvalue weighted by Gasteiger charge is 2.09. The molecule has 0 amide bonds. The molecule has 0 atom stereocenters. The van der Waals surface area contributed by atoms with Crippen LogP contribution in [0.5, 0.6) is 0 Å². The molecular weight excluding hydrogens is 94.1 g/mol. The quantitative estimate of drug-likeness (QED) is 0.445. The van der Waals surface area contributed by atoms with E-state index in [1.807, 2.05) is 0 Å². The van der Waals surface area contributed by atoms with Crippen LogP contribution in [0.3, 0.4) is 0 Å². The molecular formula is C4H8NS+. The molecule has 1 saturated heterocycles. The van der Waals surface area contributed by atoms with Crippen LogP contribution in [0.2, 0.25) is 0 Å². The van der Waals surface area contributed by atoms with Crippen molar-refractivity contribution in [2.75, 3.05) is 5.75 Å². The summed E-state index contributed by atoms with van der Waals surface area (Å²) in [5.41, 5.74) is 0. The van der Waals surface area contributed by atoms with Crippen LogP contribution in [0.25, 0.3) is 0 Å². The van der Waals surface area contributed by atoms with E-state index in [9.17, 15) is 0 Å². The van der Waals surface area contributed by atoms with E-state index in [0.29, 0.717) is 0 Å². The van der Waals surface area contributed by atoms with Crippen molar-refractivity contribution in [3.8, 4) is 0 Å². The zero-order chi connectivity index (χ0) is 4.41. The Hall–Kier alpha value is 0.0200. The zero-order valence-corrected chi connectivity index (χ0v) is 4.42. The fourth-order valence-corrected chi connectivity index (χ4v) is 1.36. The Balaban J connectivity index is 2.37. The molecule has 0 radical (unpaired) electrons. The second-order valence-corrected chi connectivity index (χ2v) is 2.64. The van der Waals surface area contributed by atoms with E-state index in [0.717, 1.165) is 11.5 Å². The van der Waals surface area contributed by atoms with Gasteiger partial charge in [-0.15, -0.1) is 0 Å². The monoisotopic (exact) mass is 102 g/mol. The predicted molar refractivity (Wildman–Crippen MR) is 28.6 cm³/mol. The van der Waals surface area contributed by atoms with Crippen LogP contribution < -0.4 is 5.41 Å². The van der Waals surface area contributed by atoms with Gasteiger partial charge in [-0.2, -0.15) is 0 Å². The van der Waals surface area contributed by atoms with Crippen molar-refractivity contribution in [2.45, 2.75) is 12.8 Å². The Morgan fingerprint density at radius 1 is 1.67 bits per heavy atom. The molecule has 1 heterocycles. The molecule has 0 unspecified atom stereocenters. The average Bonchev–Trinajstić information content (AvgIpc) is 1.86. The maximum atomic E-state index is 5.41. The van der Waals surface area contributed by atoms with E-state index in [4.69, 9.17) is 5.41 Å². The van der Waals surface area contributed by atoms with E-state index < -0.39 is 0 Å². The van der Waals surface area contributed by atoms with E-state index in [-0.39, 0.29) is 0 Å². The summed E-state index contributed by atoms with van der Waals surface area (Å²) in [7, 11) is 0. The van der Waals surface area contributed by atoms with Crippen molar-refractivity contribution < 1.29 is 5.41 Å². The van der Waals surface area contributed by atoms with E-state index >= 15 is 0 Å². The second kappa shape index (κ2) is 1.65. The molecule has 0 saturated carbocycles. The third kappa shape index (κ3) is 0.744. The molecule has 1 nitrogen and oxygen atoms in total. The topological polar surface area (TPSA) is 25.6 Å². The molecule has 6 heavy (non-hydrogen) atoms. The standard InChI is InChI=1S/C4H7NS/c5-4-2-1-3-6-4/h5H,1-3H2/p+1. The minimum atomic E-state index is 1.12. The summed E-state index contributed by atoms with van der Waals surface area (Å²) in [5.74, 6) is 1.24. The lowest BCUT2D eigenvalue weighted by Crippen LogP contribution is -2.35. The van der Waals surface area contributed by atoms with Crippen LogP contribution >= 0.6 is 11.8 Å². The van der Waals surface area contributed by atoms with Gasteiger partial charge in [-0.1, -0.05) is 11.8 Å². The van der Waals surface area contributed by atoms with Crippen molar-refractivity contribution >= 4 is 16.8 Å². The van der Waals surface area contributed by atoms with Crippen LogP contribution in [0.1, 0.15) is 12.8 Å². The van der Waals surface area contributed by atoms with Crippen molar-refractivity contribution in [1.82, 2.24) is 0 Å². The van der Waals surface area contributed by atoms with Gasteiger partial charge in [-0.05, 0) is 6.42 Å². The Kier molecular flexibility index (Phi) is 1.15. The third-order valence-electron chi connectivity index (χ3n) is 0.855. The number of hydrogen-bond acceptors (Lipinski definition) is 1. The fourth-order valence-electron chi connectivity index (χ4n) is 0.522. The molecule has 0 aromatic carbocycles. The smallest absolute Gasteiger partial charge is 0.207 e. The summed E-state index contributed by atoms with van der Waals surface area (Å²) in [6.45, 7) is 0. The fraction of sp³-hybridized carbons (Fsp3) is 0.750. The van der Waals surface area contributed by atoms with Gasteiger partial charge in [0.25, 0.3) is 0 Å². The molecule has 0 bridgehead atoms. The summed E-state index contributed by atoms with van der Waals surface area (Å²) >= 11 is 1.79. The van der Waals surface area contributed by atoms with Gasteiger partial charge in [-0.25, -0.2) is 0 Å². The van der Waals surface area contributed by atoms with Gasteiger partial charge >= 0.3 is 0 Å². The summed E-state index contributed by atoms with van der Waals surface area (Å²) in [6, 6.07) is 0. The first-order valence-electron chi connectivity index (χ1n) is 2.14. The minimum absolute atomic E-state index is 1.12. The largest absolute Gasteiger partial charge is 0.252 e. The predicted octanol–water partition coefficient (Wildman–Crippen LogP) is -0.329. The number of hydrogen-bond donors (Lipinski definition) is 1. The van der Waals surface area contributed by atoms with Crippen LogP contribution in [-0.4, -0.2) is 10.8 Å². The zero-order valence-electron chi connectivity index (χ0n) is 3.61. The molecule has 0 spiro atoms. The highest BCUT2D eigenvalue weighted by molar-refractivity contribution is 8.14. The Bertz CT molecular complexity index is 61.9. The van der Waals surface area contributed by atoms with Gasteiger partial charge in [0.2, 0.25) is 5.04 Å². The van der Waals surface area contributed by atoms with Crippen molar-refractivity contribution in [3.63, 3.8) is 0 Å². The van der Waals surface area contributed by atoms with Gasteiger partial charge in [-0.3, -0.25) is 5.41 Å². The SMILES string of the molecule is [NH2+]=C1CCCS1. The minimum Gasteiger partial charge on any atom is -0.252 e. The second-order valence-electron chi connectivity index (χ2n) is 1.42. The molecule has 0 aromatic heterocycles. The Morgan fingerprint density at radius 2 is 2.50 bits per heavy atom. The van der Waals surface area contributed by atoms with Gasteiger partial charge < -0.3 is 0 Å². The first-order valence-corrected chi connectivity index (χ1v) is 3.12. The molecule has 1 aliphatic heterocycles. The van der Waals surface area contributed by atoms with Crippen LogP contribution in [-0.2, 0) is 0 Å². The lowest BCUT2D eigenvalue weighted by atomic mass is 10.4. The summed E-state index contributed by atoms with van der Waals surface area (Å²) in [5, 5.41) is 6.53. The first kappa shape index (κ1) is 4.19. The van der Waals surface area contributed by atoms with Crippen molar-refractivity contribution in [3.05, 3.63) is 0 Å². The maximum Gasteiger partial charge on any atom is 0.207 e. The molecule has 2 N–H and O–H groups in total. The number of nitrogens with two attached hydrogens (primary N) is 1. The van der Waals surface area contributed by atoms with E-state index in [2.05, 4.69) is 0 Å². The van der Waals surface area contributed by atoms with Crippen LogP contribution in [0, 0.1) is 0 Å². The van der Waals surface area contributed by atoms with Gasteiger partial charge in [0.1, 0.15) is 0 Å². The number of thioether (sulfide) groups is 1. The van der Waals surface area contributed by atoms with Crippen molar-refractivity contribution in [2.24, 2.45) is 0 Å². The number of rotatable bonds is 0. The molecule has 0 aliphatic carbocycles. The van der Waals surface area contributed by atoms with Crippen LogP contribution in [0.4, 0.5) is 0 Å². The highest BCUT2D eigenvalue weighted by atomic mass is 32.2. The highest BCUT2D eigenvalue weighted by Crippen LogP contribution is 2.15. The van der Waals surface area contributed by atoms with Gasteiger partial charge in [0.05, 0.1) is 0 Å². The molecule has 1 fully saturated rings. The molecule has 2 heteroatoms. The maximum absolute atomic E-state index is 5.41. The normalized spacial score (nSPS) is 22.3. The molecule has 1 aliphatic rings. The summed E-state index contributed by atoms with van der Waals surface area (Å²) < 4.78 is 0. The summed E-state index contributed by atoms with van der Waals surface area (Å²) in [4.78, 5) is 0.